The standard InChI is InChI=1S/C11H14IN3O3/c1-2-13-11(16)5-6-14-10-4-3-8(15(17)18)7-9(10)12/h3-4,7,14H,2,5-6H2,1H3,(H,13,16). The van der Waals surface area contributed by atoms with Crippen LogP contribution < -0.4 is 10.6 Å². The second kappa shape index (κ2) is 7.14. The van der Waals surface area contributed by atoms with Crippen LogP contribution in [0, 0.1) is 13.7 Å². The molecule has 0 saturated heterocycles. The van der Waals surface area contributed by atoms with Crippen molar-refractivity contribution < 1.29 is 9.72 Å². The fourth-order valence-electron chi connectivity index (χ4n) is 1.36. The third-order valence-electron chi connectivity index (χ3n) is 2.20. The molecule has 0 radical (unpaired) electrons. The largest absolute Gasteiger partial charge is 0.384 e. The number of halogens is 1. The van der Waals surface area contributed by atoms with Gasteiger partial charge in [0.05, 0.1) is 4.92 Å². The number of hydrogen-bond donors (Lipinski definition) is 2. The van der Waals surface area contributed by atoms with Gasteiger partial charge < -0.3 is 10.6 Å². The smallest absolute Gasteiger partial charge is 0.270 e. The summed E-state index contributed by atoms with van der Waals surface area (Å²) in [4.78, 5) is 21.4. The van der Waals surface area contributed by atoms with E-state index in [0.717, 1.165) is 9.26 Å². The molecule has 7 heteroatoms. The first-order valence-corrected chi connectivity index (χ1v) is 6.57. The minimum Gasteiger partial charge on any atom is -0.384 e. The molecule has 0 bridgehead atoms. The van der Waals surface area contributed by atoms with Crippen molar-refractivity contribution in [3.63, 3.8) is 0 Å². The molecule has 1 aromatic carbocycles. The molecule has 0 aliphatic carbocycles. The van der Waals surface area contributed by atoms with Crippen molar-refractivity contribution in [1.29, 1.82) is 0 Å². The number of anilines is 1. The van der Waals surface area contributed by atoms with Crippen molar-refractivity contribution in [2.75, 3.05) is 18.4 Å². The molecule has 0 unspecified atom stereocenters. The number of nitrogens with zero attached hydrogens (tertiary/aromatic N) is 1. The van der Waals surface area contributed by atoms with Crippen molar-refractivity contribution in [2.24, 2.45) is 0 Å². The fourth-order valence-corrected chi connectivity index (χ4v) is 2.05. The molecular weight excluding hydrogens is 349 g/mol. The topological polar surface area (TPSA) is 84.3 Å². The number of rotatable bonds is 6. The molecule has 0 spiro atoms. The van der Waals surface area contributed by atoms with E-state index in [4.69, 9.17) is 0 Å². The van der Waals surface area contributed by atoms with Gasteiger partial charge in [-0.15, -0.1) is 0 Å². The van der Waals surface area contributed by atoms with E-state index in [0.29, 0.717) is 19.5 Å². The third-order valence-corrected chi connectivity index (χ3v) is 3.10. The first-order chi connectivity index (χ1) is 8.54. The van der Waals surface area contributed by atoms with Crippen LogP contribution in [0.3, 0.4) is 0 Å². The summed E-state index contributed by atoms with van der Waals surface area (Å²) in [6.45, 7) is 2.98. The minimum absolute atomic E-state index is 0.0121. The SMILES string of the molecule is CCNC(=O)CCNc1ccc([N+](=O)[O-])cc1I. The Morgan fingerprint density at radius 3 is 2.78 bits per heavy atom. The van der Waals surface area contributed by atoms with Crippen molar-refractivity contribution in [3.05, 3.63) is 31.9 Å². The molecule has 18 heavy (non-hydrogen) atoms. The Kier molecular flexibility index (Phi) is 5.83. The number of amides is 1. The van der Waals surface area contributed by atoms with Crippen LogP contribution in [0.2, 0.25) is 0 Å². The zero-order chi connectivity index (χ0) is 13.5. The maximum absolute atomic E-state index is 11.2. The van der Waals surface area contributed by atoms with E-state index in [2.05, 4.69) is 10.6 Å². The van der Waals surface area contributed by atoms with Crippen LogP contribution in [0.4, 0.5) is 11.4 Å². The monoisotopic (exact) mass is 363 g/mol. The van der Waals surface area contributed by atoms with Gasteiger partial charge in [0, 0.05) is 40.9 Å². The molecule has 2 N–H and O–H groups in total. The molecule has 0 heterocycles. The van der Waals surface area contributed by atoms with Gasteiger partial charge in [-0.05, 0) is 35.6 Å². The lowest BCUT2D eigenvalue weighted by atomic mass is 10.2. The first-order valence-electron chi connectivity index (χ1n) is 5.49. The van der Waals surface area contributed by atoms with E-state index in [1.807, 2.05) is 29.5 Å². The number of carbonyl (C=O) groups excluding carboxylic acids is 1. The first kappa shape index (κ1) is 14.7. The average Bonchev–Trinajstić information content (AvgIpc) is 2.31. The van der Waals surface area contributed by atoms with Crippen LogP contribution >= 0.6 is 22.6 Å². The second-order valence-corrected chi connectivity index (χ2v) is 4.71. The molecule has 0 aromatic heterocycles. The van der Waals surface area contributed by atoms with Crippen molar-refractivity contribution in [2.45, 2.75) is 13.3 Å². The number of nitro benzene ring substituents is 1. The predicted octanol–water partition coefficient (Wildman–Crippen LogP) is 2.14. The van der Waals surface area contributed by atoms with Crippen molar-refractivity contribution >= 4 is 39.9 Å². The van der Waals surface area contributed by atoms with Gasteiger partial charge in [0.1, 0.15) is 0 Å². The number of hydrogen-bond acceptors (Lipinski definition) is 4. The Balaban J connectivity index is 2.53. The molecule has 0 aliphatic rings. The molecular formula is C11H14IN3O3. The molecule has 6 nitrogen and oxygen atoms in total. The van der Waals surface area contributed by atoms with Crippen LogP contribution in [0.15, 0.2) is 18.2 Å². The van der Waals surface area contributed by atoms with Crippen LogP contribution in [0.25, 0.3) is 0 Å². The highest BCUT2D eigenvalue weighted by Crippen LogP contribution is 2.23. The summed E-state index contributed by atoms with van der Waals surface area (Å²) in [6, 6.07) is 4.59. The Labute approximate surface area is 118 Å². The van der Waals surface area contributed by atoms with E-state index in [1.165, 1.54) is 12.1 Å². The molecule has 98 valence electrons. The molecule has 1 aromatic rings. The summed E-state index contributed by atoms with van der Waals surface area (Å²) < 4.78 is 0.762. The summed E-state index contributed by atoms with van der Waals surface area (Å²) in [5, 5.41) is 16.3. The Bertz CT molecular complexity index is 451. The summed E-state index contributed by atoms with van der Waals surface area (Å²) in [6.07, 6.45) is 0.376. The van der Waals surface area contributed by atoms with Gasteiger partial charge in [-0.25, -0.2) is 0 Å². The van der Waals surface area contributed by atoms with E-state index >= 15 is 0 Å². The van der Waals surface area contributed by atoms with E-state index in [9.17, 15) is 14.9 Å². The highest BCUT2D eigenvalue weighted by molar-refractivity contribution is 14.1. The van der Waals surface area contributed by atoms with Gasteiger partial charge in [0.2, 0.25) is 5.91 Å². The van der Waals surface area contributed by atoms with Crippen LogP contribution in [-0.4, -0.2) is 23.9 Å². The molecule has 0 saturated carbocycles. The van der Waals surface area contributed by atoms with Crippen molar-refractivity contribution in [3.8, 4) is 0 Å². The quantitative estimate of drug-likeness (QED) is 0.461. The zero-order valence-corrected chi connectivity index (χ0v) is 12.1. The minimum atomic E-state index is -0.430. The highest BCUT2D eigenvalue weighted by atomic mass is 127. The number of non-ortho nitro benzene ring substituents is 1. The molecule has 0 aliphatic heterocycles. The number of nitrogens with one attached hydrogen (secondary N) is 2. The average molecular weight is 363 g/mol. The lowest BCUT2D eigenvalue weighted by molar-refractivity contribution is -0.384. The number of nitro groups is 1. The van der Waals surface area contributed by atoms with Gasteiger partial charge in [-0.1, -0.05) is 0 Å². The Hall–Kier alpha value is -1.38. The van der Waals surface area contributed by atoms with Crippen LogP contribution in [-0.2, 0) is 4.79 Å². The van der Waals surface area contributed by atoms with E-state index in [-0.39, 0.29) is 11.6 Å². The lowest BCUT2D eigenvalue weighted by Gasteiger charge is -2.08. The zero-order valence-electron chi connectivity index (χ0n) is 9.90. The maximum Gasteiger partial charge on any atom is 0.270 e. The second-order valence-electron chi connectivity index (χ2n) is 3.55. The summed E-state index contributed by atoms with van der Waals surface area (Å²) in [7, 11) is 0. The fraction of sp³-hybridized carbons (Fsp3) is 0.364. The normalized spacial score (nSPS) is 9.89. The molecule has 1 rings (SSSR count). The van der Waals surface area contributed by atoms with Crippen molar-refractivity contribution in [1.82, 2.24) is 5.32 Å². The summed E-state index contributed by atoms with van der Waals surface area (Å²) in [5.74, 6) is -0.0121. The molecule has 0 atom stereocenters. The Morgan fingerprint density at radius 1 is 1.50 bits per heavy atom. The molecule has 1 amide bonds. The van der Waals surface area contributed by atoms with Gasteiger partial charge in [-0.2, -0.15) is 0 Å². The Morgan fingerprint density at radius 2 is 2.22 bits per heavy atom. The highest BCUT2D eigenvalue weighted by Gasteiger charge is 2.08. The van der Waals surface area contributed by atoms with Crippen LogP contribution in [0.1, 0.15) is 13.3 Å². The van der Waals surface area contributed by atoms with E-state index in [1.54, 1.807) is 6.07 Å². The summed E-state index contributed by atoms with van der Waals surface area (Å²) in [5.41, 5.74) is 0.860. The van der Waals surface area contributed by atoms with E-state index < -0.39 is 4.92 Å². The maximum atomic E-state index is 11.2. The van der Waals surface area contributed by atoms with Gasteiger partial charge >= 0.3 is 0 Å². The number of benzene rings is 1. The molecule has 0 fully saturated rings. The van der Waals surface area contributed by atoms with Gasteiger partial charge in [0.15, 0.2) is 0 Å². The predicted molar refractivity (Wildman–Crippen MR) is 77.6 cm³/mol. The summed E-state index contributed by atoms with van der Waals surface area (Å²) >= 11 is 2.03. The van der Waals surface area contributed by atoms with Gasteiger partial charge in [-0.3, -0.25) is 14.9 Å². The third kappa shape index (κ3) is 4.47. The number of carbonyl (C=O) groups is 1. The van der Waals surface area contributed by atoms with Gasteiger partial charge in [0.25, 0.3) is 5.69 Å². The lowest BCUT2D eigenvalue weighted by Crippen LogP contribution is -2.24. The van der Waals surface area contributed by atoms with Crippen LogP contribution in [0.5, 0.6) is 0 Å².